The van der Waals surface area contributed by atoms with Crippen molar-refractivity contribution < 1.29 is 52.6 Å². The van der Waals surface area contributed by atoms with Gasteiger partial charge in [0.2, 0.25) is 12.2 Å². The smallest absolute Gasteiger partial charge is 0.305 e. The van der Waals surface area contributed by atoms with Crippen molar-refractivity contribution in [1.29, 1.82) is 0 Å². The molecule has 37 heavy (non-hydrogen) atoms. The average Bonchev–Trinajstić information content (AvgIpc) is 2.79. The van der Waals surface area contributed by atoms with Crippen molar-refractivity contribution in [3.05, 3.63) is 46.0 Å². The number of hydrogen-bond acceptors (Lipinski definition) is 12. The van der Waals surface area contributed by atoms with E-state index in [9.17, 15) is 34.1 Å². The summed E-state index contributed by atoms with van der Waals surface area (Å²) in [6.45, 7) is 3.92. The van der Waals surface area contributed by atoms with Crippen LogP contribution in [0.15, 0.2) is 30.3 Å². The number of rotatable bonds is 9. The van der Waals surface area contributed by atoms with E-state index >= 15 is 0 Å². The van der Waals surface area contributed by atoms with Crippen LogP contribution in [0.2, 0.25) is 0 Å². The lowest BCUT2D eigenvalue weighted by Gasteiger charge is -2.44. The van der Waals surface area contributed by atoms with Crippen molar-refractivity contribution in [3.63, 3.8) is 0 Å². The average molecular weight is 522 g/mol. The van der Waals surface area contributed by atoms with E-state index in [1.807, 2.05) is 0 Å². The predicted molar refractivity (Wildman–Crippen MR) is 122 cm³/mol. The van der Waals surface area contributed by atoms with E-state index in [1.165, 1.54) is 30.3 Å². The molecule has 1 heterocycles. The summed E-state index contributed by atoms with van der Waals surface area (Å²) in [5.41, 5.74) is 0.160. The monoisotopic (exact) mass is 522 g/mol. The molecule has 0 aromatic heterocycles. The standard InChI is InChI=1S/C23H26N2O12/c1-12(26)33-11-18-21(34-13(2)27)22(35-14(3)28)20(23(37-18)36-15(4)29)24-19(30)9-8-16-6-5-7-17(10-16)25(31)32/h5-10,18,20-23H,11H2,1-4H3,(H,24,30)/b9-8+/t18-,20-,21-,22+,23+/m0/s1. The number of carbonyl (C=O) groups is 5. The van der Waals surface area contributed by atoms with E-state index in [0.717, 1.165) is 33.8 Å². The van der Waals surface area contributed by atoms with Crippen LogP contribution in [0.3, 0.4) is 0 Å². The summed E-state index contributed by atoms with van der Waals surface area (Å²) >= 11 is 0. The van der Waals surface area contributed by atoms with Gasteiger partial charge in [0.15, 0.2) is 12.2 Å². The number of nitrogens with one attached hydrogen (secondary N) is 1. The van der Waals surface area contributed by atoms with Crippen molar-refractivity contribution in [2.75, 3.05) is 6.61 Å². The molecule has 1 aromatic carbocycles. The second-order valence-corrected chi connectivity index (χ2v) is 7.82. The van der Waals surface area contributed by atoms with Crippen LogP contribution in [0.1, 0.15) is 33.3 Å². The molecule has 0 spiro atoms. The molecular weight excluding hydrogens is 496 g/mol. The second kappa shape index (κ2) is 13.1. The molecule has 5 atom stereocenters. The molecule has 14 nitrogen and oxygen atoms in total. The summed E-state index contributed by atoms with van der Waals surface area (Å²) < 4.78 is 26.4. The first-order valence-corrected chi connectivity index (χ1v) is 10.9. The zero-order valence-electron chi connectivity index (χ0n) is 20.4. The quantitative estimate of drug-likeness (QED) is 0.158. The maximum Gasteiger partial charge on any atom is 0.305 e. The molecule has 1 amide bonds. The second-order valence-electron chi connectivity index (χ2n) is 7.82. The Kier molecular flexibility index (Phi) is 10.2. The molecule has 0 bridgehead atoms. The molecule has 200 valence electrons. The van der Waals surface area contributed by atoms with E-state index in [1.54, 1.807) is 0 Å². The Labute approximate surface area is 211 Å². The van der Waals surface area contributed by atoms with Crippen molar-refractivity contribution in [2.45, 2.75) is 58.3 Å². The SMILES string of the molecule is CC(=O)OC[C@@H]1O[C@@H](OC(C)=O)[C@@H](NC(=O)/C=C/c2cccc([N+](=O)[O-])c2)[C@@H](OC(C)=O)[C@H]1OC(C)=O. The maximum absolute atomic E-state index is 12.7. The number of hydrogen-bond donors (Lipinski definition) is 1. The summed E-state index contributed by atoms with van der Waals surface area (Å²) in [4.78, 5) is 69.9. The summed E-state index contributed by atoms with van der Waals surface area (Å²) in [7, 11) is 0. The number of nitrogens with zero attached hydrogens (tertiary/aromatic N) is 1. The highest BCUT2D eigenvalue weighted by molar-refractivity contribution is 5.92. The molecule has 1 aliphatic rings. The summed E-state index contributed by atoms with van der Waals surface area (Å²) in [5.74, 6) is -3.88. The molecule has 1 aromatic rings. The molecule has 1 aliphatic heterocycles. The summed E-state index contributed by atoms with van der Waals surface area (Å²) in [6, 6.07) is 4.12. The van der Waals surface area contributed by atoms with Gasteiger partial charge in [0.1, 0.15) is 18.8 Å². The van der Waals surface area contributed by atoms with Gasteiger partial charge in [0, 0.05) is 45.9 Å². The normalized spacial score (nSPS) is 23.0. The lowest BCUT2D eigenvalue weighted by molar-refractivity contribution is -0.384. The Morgan fingerprint density at radius 2 is 1.59 bits per heavy atom. The van der Waals surface area contributed by atoms with E-state index < -0.39 is 72.0 Å². The van der Waals surface area contributed by atoms with Crippen LogP contribution >= 0.6 is 0 Å². The van der Waals surface area contributed by atoms with Crippen LogP contribution in [0.4, 0.5) is 5.69 Å². The number of nitro groups is 1. The highest BCUT2D eigenvalue weighted by Crippen LogP contribution is 2.28. The number of amides is 1. The number of carbonyl (C=O) groups excluding carboxylic acids is 5. The van der Waals surface area contributed by atoms with Gasteiger partial charge >= 0.3 is 23.9 Å². The highest BCUT2D eigenvalue weighted by atomic mass is 16.7. The Hall–Kier alpha value is -4.33. The molecular formula is C23H26N2O12. The van der Waals surface area contributed by atoms with Crippen LogP contribution in [-0.2, 0) is 47.7 Å². The van der Waals surface area contributed by atoms with Crippen molar-refractivity contribution >= 4 is 41.5 Å². The number of nitro benzene ring substituents is 1. The van der Waals surface area contributed by atoms with E-state index in [-0.39, 0.29) is 5.69 Å². The minimum atomic E-state index is -1.54. The fraction of sp³-hybridized carbons (Fsp3) is 0.435. The highest BCUT2D eigenvalue weighted by Gasteiger charge is 2.52. The molecule has 14 heteroatoms. The van der Waals surface area contributed by atoms with Crippen molar-refractivity contribution in [2.24, 2.45) is 0 Å². The first-order chi connectivity index (χ1) is 17.4. The van der Waals surface area contributed by atoms with Gasteiger partial charge in [-0.3, -0.25) is 34.1 Å². The lowest BCUT2D eigenvalue weighted by Crippen LogP contribution is -2.66. The van der Waals surface area contributed by atoms with Gasteiger partial charge in [-0.15, -0.1) is 0 Å². The molecule has 0 saturated carbocycles. The molecule has 2 rings (SSSR count). The largest absolute Gasteiger partial charge is 0.463 e. The maximum atomic E-state index is 12.7. The molecule has 0 aliphatic carbocycles. The zero-order valence-corrected chi connectivity index (χ0v) is 20.4. The fourth-order valence-electron chi connectivity index (χ4n) is 3.45. The van der Waals surface area contributed by atoms with Gasteiger partial charge in [-0.25, -0.2) is 0 Å². The Balaban J connectivity index is 2.38. The number of ether oxygens (including phenoxy) is 5. The van der Waals surface area contributed by atoms with Crippen LogP contribution in [0.5, 0.6) is 0 Å². The number of non-ortho nitro benzene ring substituents is 1. The summed E-state index contributed by atoms with van der Waals surface area (Å²) in [5, 5.41) is 13.4. The third-order valence-electron chi connectivity index (χ3n) is 4.80. The van der Waals surface area contributed by atoms with E-state index in [0.29, 0.717) is 5.56 Å². The molecule has 1 N–H and O–H groups in total. The van der Waals surface area contributed by atoms with Crippen molar-refractivity contribution in [3.8, 4) is 0 Å². The van der Waals surface area contributed by atoms with Gasteiger partial charge in [-0.05, 0) is 11.6 Å². The number of esters is 4. The van der Waals surface area contributed by atoms with E-state index in [4.69, 9.17) is 23.7 Å². The molecule has 1 saturated heterocycles. The van der Waals surface area contributed by atoms with Crippen molar-refractivity contribution in [1.82, 2.24) is 5.32 Å². The lowest BCUT2D eigenvalue weighted by atomic mass is 9.96. The molecule has 0 radical (unpaired) electrons. The topological polar surface area (TPSA) is 187 Å². The first-order valence-electron chi connectivity index (χ1n) is 10.9. The number of benzene rings is 1. The Morgan fingerprint density at radius 3 is 2.16 bits per heavy atom. The third kappa shape index (κ3) is 9.00. The Bertz CT molecular complexity index is 1090. The van der Waals surface area contributed by atoms with Gasteiger partial charge in [0.25, 0.3) is 5.69 Å². The van der Waals surface area contributed by atoms with Gasteiger partial charge in [-0.2, -0.15) is 0 Å². The first kappa shape index (κ1) is 28.9. The molecule has 0 unspecified atom stereocenters. The predicted octanol–water partition coefficient (Wildman–Crippen LogP) is 0.807. The van der Waals surface area contributed by atoms with Crippen LogP contribution in [0.25, 0.3) is 6.08 Å². The van der Waals surface area contributed by atoms with E-state index in [2.05, 4.69) is 5.32 Å². The zero-order chi connectivity index (χ0) is 27.7. The van der Waals surface area contributed by atoms with Gasteiger partial charge < -0.3 is 29.0 Å². The third-order valence-corrected chi connectivity index (χ3v) is 4.80. The summed E-state index contributed by atoms with van der Waals surface area (Å²) in [6.07, 6.45) is -3.21. The van der Waals surface area contributed by atoms with Gasteiger partial charge in [0.05, 0.1) is 4.92 Å². The minimum absolute atomic E-state index is 0.184. The Morgan fingerprint density at radius 1 is 0.973 bits per heavy atom. The van der Waals surface area contributed by atoms with Crippen LogP contribution in [0, 0.1) is 10.1 Å². The molecule has 1 fully saturated rings. The van der Waals surface area contributed by atoms with Crippen LogP contribution < -0.4 is 5.32 Å². The minimum Gasteiger partial charge on any atom is -0.463 e. The van der Waals surface area contributed by atoms with Crippen LogP contribution in [-0.4, -0.2) is 72.0 Å². The fourth-order valence-corrected chi connectivity index (χ4v) is 3.45. The van der Waals surface area contributed by atoms with Gasteiger partial charge in [-0.1, -0.05) is 12.1 Å².